The summed E-state index contributed by atoms with van der Waals surface area (Å²) < 4.78 is 46.8. The Morgan fingerprint density at radius 1 is 1.17 bits per heavy atom. The molecule has 0 aliphatic heterocycles. The van der Waals surface area contributed by atoms with Crippen LogP contribution in [0.3, 0.4) is 0 Å². The van der Waals surface area contributed by atoms with Gasteiger partial charge in [-0.15, -0.1) is 0 Å². The number of aromatic nitrogens is 1. The second-order valence-electron chi connectivity index (χ2n) is 7.39. The Balaban J connectivity index is 1.54. The molecule has 1 saturated carbocycles. The van der Waals surface area contributed by atoms with Gasteiger partial charge in [0.25, 0.3) is 5.91 Å². The van der Waals surface area contributed by atoms with Crippen LogP contribution in [-0.2, 0) is 0 Å². The predicted molar refractivity (Wildman–Crippen MR) is 109 cm³/mol. The highest BCUT2D eigenvalue weighted by atomic mass is 35.5. The minimum Gasteiger partial charge on any atom is -0.481 e. The molecule has 0 unspecified atom stereocenters. The Morgan fingerprint density at radius 3 is 2.53 bits per heavy atom. The van der Waals surface area contributed by atoms with Crippen LogP contribution in [0.4, 0.5) is 19.0 Å². The summed E-state index contributed by atoms with van der Waals surface area (Å²) in [5.41, 5.74) is -1.22. The minimum atomic E-state index is -1.42. The highest BCUT2D eigenvalue weighted by Crippen LogP contribution is 2.30. The van der Waals surface area contributed by atoms with Gasteiger partial charge in [0, 0.05) is 24.2 Å². The Hall–Kier alpha value is -2.48. The van der Waals surface area contributed by atoms with Crippen LogP contribution in [0.5, 0.6) is 5.88 Å². The van der Waals surface area contributed by atoms with Crippen molar-refractivity contribution in [2.24, 2.45) is 5.92 Å². The molecule has 1 fully saturated rings. The first-order valence-corrected chi connectivity index (χ1v) is 10.1. The van der Waals surface area contributed by atoms with E-state index in [2.05, 4.69) is 15.6 Å². The summed E-state index contributed by atoms with van der Waals surface area (Å²) in [6.45, 7) is 1.79. The lowest BCUT2D eigenvalue weighted by molar-refractivity contribution is 0.0918. The van der Waals surface area contributed by atoms with Crippen molar-refractivity contribution in [3.8, 4) is 5.88 Å². The lowest BCUT2D eigenvalue weighted by atomic mass is 9.86. The molecule has 30 heavy (non-hydrogen) atoms. The van der Waals surface area contributed by atoms with E-state index in [9.17, 15) is 18.0 Å². The first-order chi connectivity index (χ1) is 14.3. The minimum absolute atomic E-state index is 0.187. The largest absolute Gasteiger partial charge is 0.481 e. The zero-order valence-corrected chi connectivity index (χ0v) is 17.5. The number of nitrogens with one attached hydrogen (secondary N) is 2. The monoisotopic (exact) mass is 441 g/mol. The maximum absolute atomic E-state index is 14.3. The molecule has 2 N–H and O–H groups in total. The van der Waals surface area contributed by atoms with Gasteiger partial charge in [-0.1, -0.05) is 17.7 Å². The number of hydrogen-bond donors (Lipinski definition) is 2. The number of carbonyl (C=O) groups excluding carboxylic acids is 1. The molecule has 1 heterocycles. The van der Waals surface area contributed by atoms with E-state index in [0.29, 0.717) is 24.6 Å². The summed E-state index contributed by atoms with van der Waals surface area (Å²) in [5.74, 6) is -3.12. The van der Waals surface area contributed by atoms with Crippen LogP contribution in [0.2, 0.25) is 5.02 Å². The molecule has 9 heteroatoms. The van der Waals surface area contributed by atoms with Gasteiger partial charge >= 0.3 is 0 Å². The van der Waals surface area contributed by atoms with Gasteiger partial charge in [-0.25, -0.2) is 13.2 Å². The number of anilines is 1. The summed E-state index contributed by atoms with van der Waals surface area (Å²) in [4.78, 5) is 16.8. The zero-order chi connectivity index (χ0) is 21.8. The predicted octanol–water partition coefficient (Wildman–Crippen LogP) is 4.87. The van der Waals surface area contributed by atoms with Gasteiger partial charge in [0.1, 0.15) is 11.6 Å². The fourth-order valence-electron chi connectivity index (χ4n) is 3.59. The van der Waals surface area contributed by atoms with E-state index in [1.807, 2.05) is 12.1 Å². The number of nitrogens with zero attached hydrogens (tertiary/aromatic N) is 1. The fourth-order valence-corrected chi connectivity index (χ4v) is 3.85. The van der Waals surface area contributed by atoms with E-state index < -0.39 is 39.5 Å². The molecule has 2 aromatic rings. The third-order valence-corrected chi connectivity index (χ3v) is 5.75. The van der Waals surface area contributed by atoms with Crippen LogP contribution >= 0.6 is 11.6 Å². The van der Waals surface area contributed by atoms with Crippen molar-refractivity contribution < 1.29 is 22.7 Å². The van der Waals surface area contributed by atoms with Gasteiger partial charge in [-0.2, -0.15) is 4.98 Å². The van der Waals surface area contributed by atoms with Gasteiger partial charge in [0.15, 0.2) is 11.6 Å². The molecule has 0 bridgehead atoms. The SMILES string of the molecule is COc1cccc(NCC2CCC(NC(=O)c3c(F)c(C)c(F)c(F)c3Cl)CC2)n1. The van der Waals surface area contributed by atoms with E-state index in [1.54, 1.807) is 13.2 Å². The van der Waals surface area contributed by atoms with Crippen LogP contribution in [0.15, 0.2) is 18.2 Å². The molecule has 1 aromatic carbocycles. The second kappa shape index (κ2) is 9.55. The molecule has 1 aliphatic carbocycles. The Bertz CT molecular complexity index is 905. The lowest BCUT2D eigenvalue weighted by Crippen LogP contribution is -2.39. The summed E-state index contributed by atoms with van der Waals surface area (Å²) in [6.07, 6.45) is 3.06. The summed E-state index contributed by atoms with van der Waals surface area (Å²) in [6, 6.07) is 5.29. The molecule has 0 saturated heterocycles. The molecule has 1 aliphatic rings. The molecule has 162 valence electrons. The van der Waals surface area contributed by atoms with Crippen molar-refractivity contribution in [1.82, 2.24) is 10.3 Å². The number of pyridine rings is 1. The van der Waals surface area contributed by atoms with Gasteiger partial charge < -0.3 is 15.4 Å². The summed E-state index contributed by atoms with van der Waals surface area (Å²) in [5, 5.41) is 5.14. The highest BCUT2D eigenvalue weighted by molar-refractivity contribution is 6.34. The van der Waals surface area contributed by atoms with Crippen LogP contribution < -0.4 is 15.4 Å². The van der Waals surface area contributed by atoms with Gasteiger partial charge in [0.2, 0.25) is 5.88 Å². The number of amides is 1. The normalized spacial score (nSPS) is 18.7. The number of ether oxygens (including phenoxy) is 1. The average molecular weight is 442 g/mol. The molecule has 0 atom stereocenters. The van der Waals surface area contributed by atoms with E-state index in [4.69, 9.17) is 16.3 Å². The number of hydrogen-bond acceptors (Lipinski definition) is 4. The first kappa shape index (κ1) is 22.2. The Labute approximate surface area is 178 Å². The molecule has 1 amide bonds. The van der Waals surface area contributed by atoms with Crippen LogP contribution in [0.25, 0.3) is 0 Å². The van der Waals surface area contributed by atoms with Crippen LogP contribution in [0.1, 0.15) is 41.6 Å². The maximum Gasteiger partial charge on any atom is 0.256 e. The van der Waals surface area contributed by atoms with Gasteiger partial charge in [-0.3, -0.25) is 4.79 Å². The third kappa shape index (κ3) is 4.80. The third-order valence-electron chi connectivity index (χ3n) is 5.40. The second-order valence-corrected chi connectivity index (χ2v) is 7.77. The van der Waals surface area contributed by atoms with Crippen LogP contribution in [-0.4, -0.2) is 30.6 Å². The lowest BCUT2D eigenvalue weighted by Gasteiger charge is -2.29. The highest BCUT2D eigenvalue weighted by Gasteiger charge is 2.29. The van der Waals surface area contributed by atoms with E-state index in [1.165, 1.54) is 0 Å². The molecular weight excluding hydrogens is 419 g/mol. The van der Waals surface area contributed by atoms with Crippen molar-refractivity contribution in [2.75, 3.05) is 19.0 Å². The molecule has 1 aromatic heterocycles. The van der Waals surface area contributed by atoms with Crippen molar-refractivity contribution in [3.63, 3.8) is 0 Å². The zero-order valence-electron chi connectivity index (χ0n) is 16.7. The van der Waals surface area contributed by atoms with Crippen LogP contribution in [0, 0.1) is 30.3 Å². The number of halogens is 4. The van der Waals surface area contributed by atoms with Gasteiger partial charge in [0.05, 0.1) is 17.7 Å². The van der Waals surface area contributed by atoms with Crippen molar-refractivity contribution >= 4 is 23.3 Å². The maximum atomic E-state index is 14.3. The summed E-state index contributed by atoms with van der Waals surface area (Å²) >= 11 is 5.69. The molecular formula is C21H23ClF3N3O2. The Morgan fingerprint density at radius 2 is 1.87 bits per heavy atom. The van der Waals surface area contributed by atoms with E-state index >= 15 is 0 Å². The molecule has 0 spiro atoms. The van der Waals surface area contributed by atoms with Crippen molar-refractivity contribution in [2.45, 2.75) is 38.6 Å². The summed E-state index contributed by atoms with van der Waals surface area (Å²) in [7, 11) is 1.56. The van der Waals surface area contributed by atoms with Crippen molar-refractivity contribution in [3.05, 3.63) is 51.8 Å². The average Bonchev–Trinajstić information content (AvgIpc) is 2.76. The number of rotatable bonds is 6. The topological polar surface area (TPSA) is 63.2 Å². The standard InChI is InChI=1S/C21H23ClF3N3O2/c1-11-18(23)16(17(22)20(25)19(11)24)21(29)27-13-8-6-12(7-9-13)10-26-14-4-3-5-15(28-14)30-2/h3-5,12-13H,6-10H2,1-2H3,(H,26,28)(H,27,29). The smallest absolute Gasteiger partial charge is 0.256 e. The molecule has 3 rings (SSSR count). The molecule has 5 nitrogen and oxygen atoms in total. The van der Waals surface area contributed by atoms with Crippen molar-refractivity contribution in [1.29, 1.82) is 0 Å². The van der Waals surface area contributed by atoms with E-state index in [0.717, 1.165) is 32.1 Å². The number of carbonyl (C=O) groups is 1. The fraction of sp³-hybridized carbons (Fsp3) is 0.429. The molecule has 0 radical (unpaired) electrons. The van der Waals surface area contributed by atoms with E-state index in [-0.39, 0.29) is 6.04 Å². The van der Waals surface area contributed by atoms with Gasteiger partial charge in [-0.05, 0) is 44.6 Å². The number of benzene rings is 1. The Kier molecular flexibility index (Phi) is 7.07. The number of methoxy groups -OCH3 is 1. The quantitative estimate of drug-likeness (QED) is 0.496. The first-order valence-electron chi connectivity index (χ1n) is 9.70.